The molecule has 43 heavy (non-hydrogen) atoms. The van der Waals surface area contributed by atoms with E-state index in [1.165, 1.54) is 5.56 Å². The highest BCUT2D eigenvalue weighted by Crippen LogP contribution is 2.91. The van der Waals surface area contributed by atoms with Crippen LogP contribution in [0.3, 0.4) is 0 Å². The summed E-state index contributed by atoms with van der Waals surface area (Å²) in [5, 5.41) is 0. The minimum atomic E-state index is -0.245. The smallest absolute Gasteiger partial charge is 0.00943 e. The van der Waals surface area contributed by atoms with E-state index in [0.29, 0.717) is 0 Å². The molecule has 0 saturated heterocycles. The SMILES string of the molecule is CC(C)(C)C1(C(C)(C)C)C=CC(C(C)(C)C)(C(C)(C)c2ccccc2)C(C(C)(C)C)(C(C)(C)C)C1(C(C)(C)C)C(C)(C)C. The zero-order valence-electron chi connectivity index (χ0n) is 33.5. The summed E-state index contributed by atoms with van der Waals surface area (Å²) in [6.07, 6.45) is 5.66. The predicted octanol–water partition coefficient (Wildman–Crippen LogP) is 13.8. The van der Waals surface area contributed by atoms with Gasteiger partial charge in [-0.2, -0.15) is 0 Å². The quantitative estimate of drug-likeness (QED) is 0.300. The molecule has 0 radical (unpaired) electrons. The van der Waals surface area contributed by atoms with Gasteiger partial charge in [0.2, 0.25) is 0 Å². The number of benzene rings is 1. The summed E-state index contributed by atoms with van der Waals surface area (Å²) in [7, 11) is 0. The largest absolute Gasteiger partial charge is 0.0800 e. The molecule has 0 heteroatoms. The van der Waals surface area contributed by atoms with Crippen molar-refractivity contribution in [2.75, 3.05) is 0 Å². The van der Waals surface area contributed by atoms with Gasteiger partial charge in [0.25, 0.3) is 0 Å². The van der Waals surface area contributed by atoms with E-state index < -0.39 is 0 Å². The zero-order chi connectivity index (χ0) is 34.5. The van der Waals surface area contributed by atoms with Crippen molar-refractivity contribution in [3.63, 3.8) is 0 Å². The molecule has 0 spiro atoms. The van der Waals surface area contributed by atoms with Gasteiger partial charge in [-0.05, 0) is 59.7 Å². The van der Waals surface area contributed by atoms with Crippen LogP contribution in [0, 0.1) is 59.6 Å². The maximum absolute atomic E-state index is 2.84. The lowest BCUT2D eigenvalue weighted by Crippen LogP contribution is -2.85. The van der Waals surface area contributed by atoms with Crippen LogP contribution in [0.1, 0.15) is 165 Å². The molecule has 0 N–H and O–H groups in total. The molecule has 0 aliphatic heterocycles. The number of allylic oxidation sites excluding steroid dienone is 2. The molecule has 248 valence electrons. The predicted molar refractivity (Wildman–Crippen MR) is 195 cm³/mol. The average Bonchev–Trinajstić information content (AvgIpc) is 2.72. The van der Waals surface area contributed by atoms with Crippen LogP contribution in [0.4, 0.5) is 0 Å². The third-order valence-electron chi connectivity index (χ3n) is 12.9. The van der Waals surface area contributed by atoms with Gasteiger partial charge >= 0.3 is 0 Å². The van der Waals surface area contributed by atoms with E-state index in [2.05, 4.69) is 202 Å². The molecular weight excluding hydrogens is 516 g/mol. The van der Waals surface area contributed by atoms with Crippen LogP contribution in [-0.4, -0.2) is 0 Å². The van der Waals surface area contributed by atoms with Crippen LogP contribution in [-0.2, 0) is 5.41 Å². The Hall–Kier alpha value is -1.04. The maximum Gasteiger partial charge on any atom is 0.00943 e. The van der Waals surface area contributed by atoms with Gasteiger partial charge in [-0.15, -0.1) is 0 Å². The van der Waals surface area contributed by atoms with Gasteiger partial charge in [-0.25, -0.2) is 0 Å². The lowest BCUT2D eigenvalue weighted by atomic mass is 9.14. The standard InChI is InChI=1S/C43H76/c1-32(2,3)40(33(4,5)6)29-30-41(34(7,8)9,39(22,23)31-27-25-24-26-28-31)43(37(16,17)18,38(19,20)21)42(40,35(10,11)12)36(13,14)15/h24-30H,1-23H3. The zero-order valence-corrected chi connectivity index (χ0v) is 33.5. The molecule has 1 unspecified atom stereocenters. The van der Waals surface area contributed by atoms with Crippen molar-refractivity contribution in [2.45, 2.75) is 165 Å². The van der Waals surface area contributed by atoms with E-state index in [-0.39, 0.29) is 65.0 Å². The molecule has 1 aromatic rings. The Morgan fingerprint density at radius 3 is 0.837 bits per heavy atom. The molecule has 1 aliphatic carbocycles. The van der Waals surface area contributed by atoms with E-state index in [4.69, 9.17) is 0 Å². The topological polar surface area (TPSA) is 0 Å². The first-order chi connectivity index (χ1) is 18.6. The van der Waals surface area contributed by atoms with Gasteiger partial charge in [0.1, 0.15) is 0 Å². The lowest BCUT2D eigenvalue weighted by Gasteiger charge is -2.88. The first-order valence-electron chi connectivity index (χ1n) is 17.3. The second-order valence-corrected chi connectivity index (χ2v) is 22.2. The molecule has 0 fully saturated rings. The van der Waals surface area contributed by atoms with Gasteiger partial charge < -0.3 is 0 Å². The molecule has 0 nitrogen and oxygen atoms in total. The Bertz CT molecular complexity index is 1110. The van der Waals surface area contributed by atoms with Crippen LogP contribution < -0.4 is 0 Å². The average molecular weight is 593 g/mol. The summed E-state index contributed by atoms with van der Waals surface area (Å²) in [5.74, 6) is 0. The Morgan fingerprint density at radius 1 is 0.326 bits per heavy atom. The van der Waals surface area contributed by atoms with Crippen LogP contribution >= 0.6 is 0 Å². The molecule has 0 amide bonds. The van der Waals surface area contributed by atoms with E-state index in [1.54, 1.807) is 0 Å². The Labute approximate surface area is 271 Å². The maximum atomic E-state index is 2.84. The fraction of sp³-hybridized carbons (Fsp3) is 0.814. The van der Waals surface area contributed by atoms with E-state index in [9.17, 15) is 0 Å². The summed E-state index contributed by atoms with van der Waals surface area (Å²) in [6, 6.07) is 11.5. The highest BCUT2D eigenvalue weighted by Gasteiger charge is 2.87. The van der Waals surface area contributed by atoms with Gasteiger partial charge in [0, 0.05) is 10.8 Å². The third kappa shape index (κ3) is 4.39. The Kier molecular flexibility index (Phi) is 8.85. The number of hydrogen-bond acceptors (Lipinski definition) is 0. The fourth-order valence-corrected chi connectivity index (χ4v) is 14.2. The summed E-state index contributed by atoms with van der Waals surface area (Å²) in [6.45, 7) is 59.5. The highest BCUT2D eigenvalue weighted by molar-refractivity contribution is 5.46. The molecule has 0 bridgehead atoms. The number of rotatable bonds is 2. The summed E-state index contributed by atoms with van der Waals surface area (Å²) < 4.78 is 0. The number of hydrogen-bond donors (Lipinski definition) is 0. The van der Waals surface area contributed by atoms with Crippen molar-refractivity contribution in [2.24, 2.45) is 59.6 Å². The van der Waals surface area contributed by atoms with Crippen LogP contribution in [0.15, 0.2) is 42.5 Å². The second-order valence-electron chi connectivity index (χ2n) is 22.2. The minimum Gasteiger partial charge on any atom is -0.0800 e. The molecule has 1 aromatic carbocycles. The molecular formula is C43H76. The van der Waals surface area contributed by atoms with Gasteiger partial charge in [0.15, 0.2) is 0 Å². The molecule has 0 heterocycles. The molecule has 0 aromatic heterocycles. The van der Waals surface area contributed by atoms with Crippen molar-refractivity contribution in [3.8, 4) is 0 Å². The van der Waals surface area contributed by atoms with E-state index >= 15 is 0 Å². The molecule has 1 aliphatic rings. The lowest BCUT2D eigenvalue weighted by molar-refractivity contribution is -0.389. The van der Waals surface area contributed by atoms with Crippen molar-refractivity contribution in [3.05, 3.63) is 48.0 Å². The Morgan fingerprint density at radius 2 is 0.581 bits per heavy atom. The van der Waals surface area contributed by atoms with Crippen LogP contribution in [0.25, 0.3) is 0 Å². The van der Waals surface area contributed by atoms with E-state index in [1.807, 2.05) is 0 Å². The summed E-state index contributed by atoms with van der Waals surface area (Å²) in [5.41, 5.74) is -0.00312. The third-order valence-corrected chi connectivity index (χ3v) is 12.9. The van der Waals surface area contributed by atoms with Crippen molar-refractivity contribution < 1.29 is 0 Å². The second kappa shape index (κ2) is 9.98. The first kappa shape index (κ1) is 38.1. The van der Waals surface area contributed by atoms with Crippen LogP contribution in [0.2, 0.25) is 0 Å². The van der Waals surface area contributed by atoms with Crippen LogP contribution in [0.5, 0.6) is 0 Å². The Balaban J connectivity index is 3.90. The molecule has 1 atom stereocenters. The van der Waals surface area contributed by atoms with Gasteiger partial charge in [-0.3, -0.25) is 0 Å². The highest BCUT2D eigenvalue weighted by atomic mass is 14.9. The van der Waals surface area contributed by atoms with Crippen molar-refractivity contribution >= 4 is 0 Å². The monoisotopic (exact) mass is 593 g/mol. The summed E-state index contributed by atoms with van der Waals surface area (Å²) >= 11 is 0. The van der Waals surface area contributed by atoms with E-state index in [0.717, 1.165) is 0 Å². The van der Waals surface area contributed by atoms with Gasteiger partial charge in [-0.1, -0.05) is 202 Å². The normalized spacial score (nSPS) is 23.8. The van der Waals surface area contributed by atoms with Crippen molar-refractivity contribution in [1.29, 1.82) is 0 Å². The minimum absolute atomic E-state index is 0.0228. The fourth-order valence-electron chi connectivity index (χ4n) is 14.2. The first-order valence-corrected chi connectivity index (χ1v) is 17.3. The summed E-state index contributed by atoms with van der Waals surface area (Å²) in [4.78, 5) is 0. The molecule has 2 rings (SSSR count). The van der Waals surface area contributed by atoms with Crippen molar-refractivity contribution in [1.82, 2.24) is 0 Å². The molecule has 0 saturated carbocycles. The van der Waals surface area contributed by atoms with Gasteiger partial charge in [0.05, 0.1) is 0 Å².